The Morgan fingerprint density at radius 2 is 1.18 bits per heavy atom. The lowest BCUT2D eigenvalue weighted by atomic mass is 10.0. The largest absolute Gasteiger partial charge is 0.341 e. The van der Waals surface area contributed by atoms with Gasteiger partial charge in [-0.3, -0.25) is 0 Å². The Kier molecular flexibility index (Phi) is 7.02. The van der Waals surface area contributed by atoms with E-state index in [1.54, 1.807) is 0 Å². The Hall–Kier alpha value is -1.76. The Morgan fingerprint density at radius 1 is 0.682 bits per heavy atom. The maximum Gasteiger partial charge on any atom is 0.0410 e. The SMILES string of the molecule is CC(C)CCCCCCN(c1ccccc1)c1ccccc1. The summed E-state index contributed by atoms with van der Waals surface area (Å²) >= 11 is 0. The number of benzene rings is 2. The minimum atomic E-state index is 0.838. The fourth-order valence-corrected chi connectivity index (χ4v) is 2.80. The van der Waals surface area contributed by atoms with Gasteiger partial charge in [-0.15, -0.1) is 0 Å². The molecule has 118 valence electrons. The highest BCUT2D eigenvalue weighted by Crippen LogP contribution is 2.25. The van der Waals surface area contributed by atoms with Crippen molar-refractivity contribution in [3.05, 3.63) is 60.7 Å². The van der Waals surface area contributed by atoms with Gasteiger partial charge in [0, 0.05) is 17.9 Å². The van der Waals surface area contributed by atoms with Crippen molar-refractivity contribution >= 4 is 11.4 Å². The van der Waals surface area contributed by atoms with E-state index in [9.17, 15) is 0 Å². The van der Waals surface area contributed by atoms with E-state index < -0.39 is 0 Å². The monoisotopic (exact) mass is 295 g/mol. The Morgan fingerprint density at radius 3 is 1.68 bits per heavy atom. The van der Waals surface area contributed by atoms with E-state index in [1.807, 2.05) is 0 Å². The van der Waals surface area contributed by atoms with Crippen molar-refractivity contribution in [2.24, 2.45) is 5.92 Å². The molecule has 0 spiro atoms. The summed E-state index contributed by atoms with van der Waals surface area (Å²) < 4.78 is 0. The van der Waals surface area contributed by atoms with E-state index >= 15 is 0 Å². The molecule has 0 fully saturated rings. The molecule has 0 N–H and O–H groups in total. The summed E-state index contributed by atoms with van der Waals surface area (Å²) in [5.41, 5.74) is 2.58. The number of hydrogen-bond acceptors (Lipinski definition) is 1. The Bertz CT molecular complexity index is 464. The summed E-state index contributed by atoms with van der Waals surface area (Å²) in [6.07, 6.45) is 6.66. The normalized spacial score (nSPS) is 10.9. The molecule has 2 aromatic rings. The fourth-order valence-electron chi connectivity index (χ4n) is 2.80. The van der Waals surface area contributed by atoms with Gasteiger partial charge in [-0.25, -0.2) is 0 Å². The maximum absolute atomic E-state index is 2.43. The van der Waals surface area contributed by atoms with Gasteiger partial charge in [0.05, 0.1) is 0 Å². The van der Waals surface area contributed by atoms with Crippen LogP contribution in [-0.4, -0.2) is 6.54 Å². The standard InChI is InChI=1S/C21H29N/c1-19(2)13-7-3-4-12-18-22(20-14-8-5-9-15-20)21-16-10-6-11-17-21/h5-6,8-11,14-17,19H,3-4,7,12-13,18H2,1-2H3. The molecule has 1 nitrogen and oxygen atoms in total. The first-order valence-corrected chi connectivity index (χ1v) is 8.65. The zero-order valence-corrected chi connectivity index (χ0v) is 14.0. The average Bonchev–Trinajstić information content (AvgIpc) is 2.55. The van der Waals surface area contributed by atoms with Gasteiger partial charge in [0.15, 0.2) is 0 Å². The first-order valence-electron chi connectivity index (χ1n) is 8.65. The average molecular weight is 295 g/mol. The number of hydrogen-bond donors (Lipinski definition) is 0. The zero-order chi connectivity index (χ0) is 15.6. The van der Waals surface area contributed by atoms with Crippen LogP contribution in [-0.2, 0) is 0 Å². The summed E-state index contributed by atoms with van der Waals surface area (Å²) in [4.78, 5) is 2.43. The lowest BCUT2D eigenvalue weighted by Crippen LogP contribution is -2.18. The minimum absolute atomic E-state index is 0.838. The van der Waals surface area contributed by atoms with Crippen LogP contribution in [0.1, 0.15) is 46.0 Å². The molecule has 0 radical (unpaired) electrons. The second-order valence-electron chi connectivity index (χ2n) is 6.42. The van der Waals surface area contributed by atoms with Crippen LogP contribution in [0, 0.1) is 5.92 Å². The van der Waals surface area contributed by atoms with Crippen molar-refractivity contribution in [1.82, 2.24) is 0 Å². The molecule has 0 heterocycles. The summed E-state index contributed by atoms with van der Waals surface area (Å²) in [5.74, 6) is 0.838. The molecule has 0 aliphatic carbocycles. The molecule has 0 aliphatic heterocycles. The molecule has 1 heteroatoms. The molecule has 0 aliphatic rings. The summed E-state index contributed by atoms with van der Waals surface area (Å²) in [6, 6.07) is 21.4. The molecule has 0 amide bonds. The van der Waals surface area contributed by atoms with Crippen LogP contribution in [0.15, 0.2) is 60.7 Å². The zero-order valence-electron chi connectivity index (χ0n) is 14.0. The first kappa shape index (κ1) is 16.6. The van der Waals surface area contributed by atoms with Crippen LogP contribution in [0.2, 0.25) is 0 Å². The molecule has 2 aromatic carbocycles. The minimum Gasteiger partial charge on any atom is -0.341 e. The second-order valence-corrected chi connectivity index (χ2v) is 6.42. The van der Waals surface area contributed by atoms with E-state index in [0.29, 0.717) is 0 Å². The molecule has 2 rings (SSSR count). The molecule has 0 unspecified atom stereocenters. The van der Waals surface area contributed by atoms with Crippen LogP contribution in [0.25, 0.3) is 0 Å². The van der Waals surface area contributed by atoms with E-state index in [0.717, 1.165) is 12.5 Å². The quantitative estimate of drug-likeness (QED) is 0.482. The highest BCUT2D eigenvalue weighted by molar-refractivity contribution is 5.62. The van der Waals surface area contributed by atoms with Gasteiger partial charge < -0.3 is 4.90 Å². The molecule has 0 saturated carbocycles. The van der Waals surface area contributed by atoms with Gasteiger partial charge in [-0.05, 0) is 36.6 Å². The van der Waals surface area contributed by atoms with Crippen molar-refractivity contribution < 1.29 is 0 Å². The van der Waals surface area contributed by atoms with Crippen molar-refractivity contribution in [2.45, 2.75) is 46.0 Å². The topological polar surface area (TPSA) is 3.24 Å². The highest BCUT2D eigenvalue weighted by atomic mass is 15.1. The van der Waals surface area contributed by atoms with Crippen LogP contribution < -0.4 is 4.90 Å². The maximum atomic E-state index is 2.43. The molecule has 0 aromatic heterocycles. The highest BCUT2D eigenvalue weighted by Gasteiger charge is 2.08. The lowest BCUT2D eigenvalue weighted by Gasteiger charge is -2.25. The molecule has 22 heavy (non-hydrogen) atoms. The number of para-hydroxylation sites is 2. The van der Waals surface area contributed by atoms with Crippen molar-refractivity contribution in [2.75, 3.05) is 11.4 Å². The molecular formula is C21H29N. The van der Waals surface area contributed by atoms with Gasteiger partial charge in [0.2, 0.25) is 0 Å². The number of rotatable bonds is 9. The van der Waals surface area contributed by atoms with E-state index in [-0.39, 0.29) is 0 Å². The Balaban J connectivity index is 1.89. The van der Waals surface area contributed by atoms with Crippen molar-refractivity contribution in [1.29, 1.82) is 0 Å². The third-order valence-electron chi connectivity index (χ3n) is 4.05. The van der Waals surface area contributed by atoms with Crippen LogP contribution >= 0.6 is 0 Å². The van der Waals surface area contributed by atoms with Gasteiger partial charge in [0.25, 0.3) is 0 Å². The number of anilines is 2. The summed E-state index contributed by atoms with van der Waals surface area (Å²) in [6.45, 7) is 5.72. The first-order chi connectivity index (χ1) is 10.8. The lowest BCUT2D eigenvalue weighted by molar-refractivity contribution is 0.521. The predicted octanol–water partition coefficient (Wildman–Crippen LogP) is 6.43. The van der Waals surface area contributed by atoms with Crippen LogP contribution in [0.4, 0.5) is 11.4 Å². The number of unbranched alkanes of at least 4 members (excludes halogenated alkanes) is 3. The van der Waals surface area contributed by atoms with E-state index in [4.69, 9.17) is 0 Å². The summed E-state index contributed by atoms with van der Waals surface area (Å²) in [7, 11) is 0. The van der Waals surface area contributed by atoms with Gasteiger partial charge in [-0.1, -0.05) is 75.9 Å². The van der Waals surface area contributed by atoms with Gasteiger partial charge >= 0.3 is 0 Å². The molecular weight excluding hydrogens is 266 g/mol. The molecule has 0 bridgehead atoms. The van der Waals surface area contributed by atoms with E-state index in [1.165, 1.54) is 43.5 Å². The van der Waals surface area contributed by atoms with E-state index in [2.05, 4.69) is 79.4 Å². The molecule has 0 saturated heterocycles. The fraction of sp³-hybridized carbons (Fsp3) is 0.429. The van der Waals surface area contributed by atoms with Crippen molar-refractivity contribution in [3.63, 3.8) is 0 Å². The van der Waals surface area contributed by atoms with Crippen LogP contribution in [0.3, 0.4) is 0 Å². The number of nitrogens with zero attached hydrogens (tertiary/aromatic N) is 1. The predicted molar refractivity (Wildman–Crippen MR) is 97.8 cm³/mol. The van der Waals surface area contributed by atoms with Crippen molar-refractivity contribution in [3.8, 4) is 0 Å². The smallest absolute Gasteiger partial charge is 0.0410 e. The second kappa shape index (κ2) is 9.30. The Labute approximate surface area is 136 Å². The summed E-state index contributed by atoms with van der Waals surface area (Å²) in [5, 5.41) is 0. The third-order valence-corrected chi connectivity index (χ3v) is 4.05. The van der Waals surface area contributed by atoms with Gasteiger partial charge in [-0.2, -0.15) is 0 Å². The van der Waals surface area contributed by atoms with Gasteiger partial charge in [0.1, 0.15) is 0 Å². The molecule has 0 atom stereocenters. The van der Waals surface area contributed by atoms with Crippen LogP contribution in [0.5, 0.6) is 0 Å². The third kappa shape index (κ3) is 5.55.